The minimum absolute atomic E-state index is 0.473. The van der Waals surface area contributed by atoms with Crippen molar-refractivity contribution in [3.05, 3.63) is 53.9 Å². The maximum atomic E-state index is 8.94. The highest BCUT2D eigenvalue weighted by Crippen LogP contribution is 2.23. The van der Waals surface area contributed by atoms with Crippen molar-refractivity contribution in [1.82, 2.24) is 10.3 Å². The van der Waals surface area contributed by atoms with Crippen LogP contribution in [0.5, 0.6) is 11.5 Å². The van der Waals surface area contributed by atoms with Crippen LogP contribution in [-0.4, -0.2) is 12.0 Å². The summed E-state index contributed by atoms with van der Waals surface area (Å²) in [5.74, 6) is 1.17. The summed E-state index contributed by atoms with van der Waals surface area (Å²) in [4.78, 5) is 3.95. The van der Waals surface area contributed by atoms with Crippen molar-refractivity contribution in [2.24, 2.45) is 0 Å². The summed E-state index contributed by atoms with van der Waals surface area (Å²) in [5, 5.41) is 12.0. The van der Waals surface area contributed by atoms with Crippen LogP contribution < -0.4 is 10.1 Å². The Morgan fingerprint density at radius 2 is 2.06 bits per heavy atom. The number of aromatic nitrogens is 1. The Hall–Kier alpha value is -2.38. The zero-order valence-corrected chi connectivity index (χ0v) is 10.1. The van der Waals surface area contributed by atoms with Gasteiger partial charge in [-0.3, -0.25) is 4.98 Å². The molecule has 4 nitrogen and oxygen atoms in total. The van der Waals surface area contributed by atoms with Crippen LogP contribution in [-0.2, 0) is 6.54 Å². The molecule has 4 heteroatoms. The van der Waals surface area contributed by atoms with Crippen LogP contribution >= 0.6 is 0 Å². The molecule has 18 heavy (non-hydrogen) atoms. The SMILES string of the molecule is CNCc1ccc(Oc2cnccc2C#N)cc1. The van der Waals surface area contributed by atoms with Gasteiger partial charge in [-0.25, -0.2) is 0 Å². The van der Waals surface area contributed by atoms with Crippen LogP contribution in [0.15, 0.2) is 42.7 Å². The molecule has 0 fully saturated rings. The second kappa shape index (κ2) is 5.80. The number of nitrogens with zero attached hydrogens (tertiary/aromatic N) is 2. The van der Waals surface area contributed by atoms with E-state index in [0.29, 0.717) is 17.1 Å². The minimum atomic E-state index is 0.473. The summed E-state index contributed by atoms with van der Waals surface area (Å²) < 4.78 is 5.63. The number of nitriles is 1. The normalized spacial score (nSPS) is 9.78. The largest absolute Gasteiger partial charge is 0.454 e. The number of pyridine rings is 1. The van der Waals surface area contributed by atoms with E-state index in [1.54, 1.807) is 18.5 Å². The molecule has 90 valence electrons. The number of ether oxygens (including phenoxy) is 1. The molecular weight excluding hydrogens is 226 g/mol. The molecule has 0 saturated heterocycles. The standard InChI is InChI=1S/C14H13N3O/c1-16-9-11-2-4-13(5-3-11)18-14-10-17-7-6-12(14)8-15/h2-7,10,16H,9H2,1H3. The van der Waals surface area contributed by atoms with E-state index in [2.05, 4.69) is 16.4 Å². The fourth-order valence-electron chi connectivity index (χ4n) is 1.56. The van der Waals surface area contributed by atoms with Crippen LogP contribution in [0.1, 0.15) is 11.1 Å². The molecular formula is C14H13N3O. The third-order valence-electron chi connectivity index (χ3n) is 2.44. The first kappa shape index (κ1) is 12.1. The molecule has 1 aromatic heterocycles. The molecule has 0 bridgehead atoms. The zero-order chi connectivity index (χ0) is 12.8. The summed E-state index contributed by atoms with van der Waals surface area (Å²) in [7, 11) is 1.90. The maximum absolute atomic E-state index is 8.94. The van der Waals surface area contributed by atoms with Gasteiger partial charge >= 0.3 is 0 Å². The summed E-state index contributed by atoms with van der Waals surface area (Å²) >= 11 is 0. The van der Waals surface area contributed by atoms with Gasteiger partial charge in [-0.1, -0.05) is 12.1 Å². The highest BCUT2D eigenvalue weighted by Gasteiger charge is 2.04. The highest BCUT2D eigenvalue weighted by molar-refractivity contribution is 5.43. The third kappa shape index (κ3) is 2.84. The second-order valence-electron chi connectivity index (χ2n) is 3.76. The van der Waals surface area contributed by atoms with E-state index >= 15 is 0 Å². The molecule has 2 aromatic rings. The van der Waals surface area contributed by atoms with E-state index < -0.39 is 0 Å². The number of benzene rings is 1. The predicted molar refractivity (Wildman–Crippen MR) is 68.2 cm³/mol. The summed E-state index contributed by atoms with van der Waals surface area (Å²) in [6.07, 6.45) is 3.11. The first-order chi connectivity index (χ1) is 8.83. The lowest BCUT2D eigenvalue weighted by atomic mass is 10.2. The predicted octanol–water partition coefficient (Wildman–Crippen LogP) is 2.46. The van der Waals surface area contributed by atoms with E-state index in [0.717, 1.165) is 6.54 Å². The molecule has 1 aromatic carbocycles. The zero-order valence-electron chi connectivity index (χ0n) is 10.1. The monoisotopic (exact) mass is 239 g/mol. The van der Waals surface area contributed by atoms with Crippen molar-refractivity contribution in [2.45, 2.75) is 6.54 Å². The molecule has 0 amide bonds. The number of hydrogen-bond donors (Lipinski definition) is 1. The fourth-order valence-corrected chi connectivity index (χ4v) is 1.56. The van der Waals surface area contributed by atoms with E-state index in [1.807, 2.05) is 31.3 Å². The Kier molecular flexibility index (Phi) is 3.90. The lowest BCUT2D eigenvalue weighted by molar-refractivity contribution is 0.478. The van der Waals surface area contributed by atoms with Crippen molar-refractivity contribution in [1.29, 1.82) is 5.26 Å². The van der Waals surface area contributed by atoms with E-state index in [9.17, 15) is 0 Å². The van der Waals surface area contributed by atoms with Crippen molar-refractivity contribution in [3.8, 4) is 17.6 Å². The van der Waals surface area contributed by atoms with Gasteiger partial charge in [0.15, 0.2) is 5.75 Å². The maximum Gasteiger partial charge on any atom is 0.163 e. The number of nitrogens with one attached hydrogen (secondary N) is 1. The van der Waals surface area contributed by atoms with Crippen LogP contribution in [0.25, 0.3) is 0 Å². The van der Waals surface area contributed by atoms with Gasteiger partial charge in [-0.2, -0.15) is 5.26 Å². The van der Waals surface area contributed by atoms with E-state index in [4.69, 9.17) is 10.00 Å². The van der Waals surface area contributed by atoms with Crippen LogP contribution in [0.2, 0.25) is 0 Å². The molecule has 0 unspecified atom stereocenters. The quantitative estimate of drug-likeness (QED) is 0.890. The molecule has 0 atom stereocenters. The third-order valence-corrected chi connectivity index (χ3v) is 2.44. The van der Waals surface area contributed by atoms with Gasteiger partial charge in [-0.05, 0) is 30.8 Å². The topological polar surface area (TPSA) is 57.9 Å². The average Bonchev–Trinajstić information content (AvgIpc) is 2.42. The Morgan fingerprint density at radius 1 is 1.28 bits per heavy atom. The van der Waals surface area contributed by atoms with Crippen molar-refractivity contribution in [2.75, 3.05) is 7.05 Å². The van der Waals surface area contributed by atoms with E-state index in [-0.39, 0.29) is 0 Å². The number of rotatable bonds is 4. The van der Waals surface area contributed by atoms with Gasteiger partial charge in [0.1, 0.15) is 11.8 Å². The Labute approximate surface area is 106 Å². The summed E-state index contributed by atoms with van der Waals surface area (Å²) in [5.41, 5.74) is 1.65. The van der Waals surface area contributed by atoms with Crippen LogP contribution in [0.3, 0.4) is 0 Å². The van der Waals surface area contributed by atoms with Crippen molar-refractivity contribution in [3.63, 3.8) is 0 Å². The van der Waals surface area contributed by atoms with Crippen LogP contribution in [0, 0.1) is 11.3 Å². The van der Waals surface area contributed by atoms with Crippen molar-refractivity contribution >= 4 is 0 Å². The molecule has 0 saturated carbocycles. The molecule has 0 radical (unpaired) electrons. The van der Waals surface area contributed by atoms with Gasteiger partial charge in [-0.15, -0.1) is 0 Å². The minimum Gasteiger partial charge on any atom is -0.454 e. The Balaban J connectivity index is 2.16. The van der Waals surface area contributed by atoms with Gasteiger partial charge in [0.25, 0.3) is 0 Å². The second-order valence-corrected chi connectivity index (χ2v) is 3.76. The first-order valence-corrected chi connectivity index (χ1v) is 5.59. The van der Waals surface area contributed by atoms with Gasteiger partial charge in [0.2, 0.25) is 0 Å². The fraction of sp³-hybridized carbons (Fsp3) is 0.143. The van der Waals surface area contributed by atoms with Gasteiger partial charge in [0, 0.05) is 12.7 Å². The van der Waals surface area contributed by atoms with E-state index in [1.165, 1.54) is 5.56 Å². The molecule has 1 heterocycles. The highest BCUT2D eigenvalue weighted by atomic mass is 16.5. The lowest BCUT2D eigenvalue weighted by Crippen LogP contribution is -2.04. The molecule has 1 N–H and O–H groups in total. The van der Waals surface area contributed by atoms with Gasteiger partial charge in [0.05, 0.1) is 11.8 Å². The summed E-state index contributed by atoms with van der Waals surface area (Å²) in [6.45, 7) is 0.816. The summed E-state index contributed by atoms with van der Waals surface area (Å²) in [6, 6.07) is 11.4. The molecule has 0 aliphatic carbocycles. The number of hydrogen-bond acceptors (Lipinski definition) is 4. The molecule has 0 spiro atoms. The first-order valence-electron chi connectivity index (χ1n) is 5.59. The van der Waals surface area contributed by atoms with Crippen molar-refractivity contribution < 1.29 is 4.74 Å². The van der Waals surface area contributed by atoms with Crippen LogP contribution in [0.4, 0.5) is 0 Å². The smallest absolute Gasteiger partial charge is 0.163 e. The molecule has 2 rings (SSSR count). The average molecular weight is 239 g/mol. The molecule has 0 aliphatic rings. The Morgan fingerprint density at radius 3 is 2.72 bits per heavy atom. The van der Waals surface area contributed by atoms with Gasteiger partial charge < -0.3 is 10.1 Å². The Bertz CT molecular complexity index is 558. The molecule has 0 aliphatic heterocycles. The lowest BCUT2D eigenvalue weighted by Gasteiger charge is -2.07.